The molecule has 0 aliphatic carbocycles. The summed E-state index contributed by atoms with van der Waals surface area (Å²) in [7, 11) is 5.79. The molecule has 2 aromatic heterocycles. The molecule has 0 radical (unpaired) electrons. The number of nitrogens with zero attached hydrogens (tertiary/aromatic N) is 5. The number of piperidine rings is 1. The minimum absolute atomic E-state index is 0.269. The molecule has 1 aliphatic rings. The number of hydrogen-bond donors (Lipinski definition) is 2. The van der Waals surface area contributed by atoms with E-state index in [4.69, 9.17) is 4.42 Å². The van der Waals surface area contributed by atoms with Crippen LogP contribution in [-0.4, -0.2) is 81.5 Å². The molecule has 1 fully saturated rings. The number of aromatic nitrogens is 3. The summed E-state index contributed by atoms with van der Waals surface area (Å²) in [5.41, 5.74) is -1.28. The van der Waals surface area contributed by atoms with Crippen molar-refractivity contribution in [1.29, 1.82) is 0 Å². The molecule has 0 spiro atoms. The molecule has 3 heterocycles. The number of carbonyl (C=O) groups excluding carboxylic acids is 1. The van der Waals surface area contributed by atoms with E-state index in [1.807, 2.05) is 42.7 Å². The van der Waals surface area contributed by atoms with Crippen LogP contribution in [0.1, 0.15) is 18.6 Å². The Labute approximate surface area is 169 Å². The number of aliphatic hydroxyl groups is 1. The molecule has 0 unspecified atom stereocenters. The molecule has 3 rings (SSSR count). The number of nitrogens with one attached hydrogen (secondary N) is 1. The van der Waals surface area contributed by atoms with Crippen molar-refractivity contribution in [3.8, 4) is 0 Å². The first-order valence-corrected chi connectivity index (χ1v) is 10.2. The monoisotopic (exact) mass is 408 g/mol. The average molecular weight is 409 g/mol. The normalized spacial score (nSPS) is 17.2. The lowest BCUT2D eigenvalue weighted by Gasteiger charge is -2.36. The van der Waals surface area contributed by atoms with Crippen molar-refractivity contribution < 1.29 is 14.3 Å². The Morgan fingerprint density at radius 3 is 2.79 bits per heavy atom. The molecule has 0 aromatic carbocycles. The molecule has 0 atom stereocenters. The maximum Gasteiger partial charge on any atom is 0.252 e. The molecule has 1 aliphatic heterocycles. The lowest BCUT2D eigenvalue weighted by atomic mass is 9.90. The van der Waals surface area contributed by atoms with Gasteiger partial charge in [-0.25, -0.2) is 0 Å². The van der Waals surface area contributed by atoms with Crippen LogP contribution in [-0.2, 0) is 18.4 Å². The molecular formula is C18H28N6O3S. The summed E-state index contributed by atoms with van der Waals surface area (Å²) < 4.78 is 7.72. The summed E-state index contributed by atoms with van der Waals surface area (Å²) in [6, 6.07) is 3.88. The van der Waals surface area contributed by atoms with Crippen molar-refractivity contribution >= 4 is 17.7 Å². The standard InChI is InChI=1S/C18H28N6O3S/c1-22(2)11-8-19-16(25)18(26)6-9-24(10-7-18)12-14-4-5-15(27-14)28-17-21-20-13-23(17)3/h4-5,13,26H,6-12H2,1-3H3,(H,19,25). The SMILES string of the molecule is CN(C)CCNC(=O)C1(O)CCN(Cc2ccc(Sc3nncn3C)o2)CC1. The number of aryl methyl sites for hydroxylation is 1. The molecule has 10 heteroatoms. The van der Waals surface area contributed by atoms with Crippen molar-refractivity contribution in [3.05, 3.63) is 24.2 Å². The zero-order valence-corrected chi connectivity index (χ0v) is 17.4. The highest BCUT2D eigenvalue weighted by molar-refractivity contribution is 7.99. The second kappa shape index (κ2) is 9.08. The van der Waals surface area contributed by atoms with Crippen LogP contribution in [0.3, 0.4) is 0 Å². The largest absolute Gasteiger partial charge is 0.453 e. The van der Waals surface area contributed by atoms with Crippen LogP contribution in [0, 0.1) is 0 Å². The zero-order valence-electron chi connectivity index (χ0n) is 16.6. The first-order valence-electron chi connectivity index (χ1n) is 9.34. The molecule has 1 amide bonds. The number of hydrogen-bond acceptors (Lipinski definition) is 8. The predicted octanol–water partition coefficient (Wildman–Crippen LogP) is 0.564. The van der Waals surface area contributed by atoms with Gasteiger partial charge in [-0.05, 0) is 50.8 Å². The van der Waals surface area contributed by atoms with Crippen molar-refractivity contribution in [3.63, 3.8) is 0 Å². The fourth-order valence-electron chi connectivity index (χ4n) is 3.04. The molecular weight excluding hydrogens is 380 g/mol. The van der Waals surface area contributed by atoms with Gasteiger partial charge in [-0.1, -0.05) is 0 Å². The first kappa shape index (κ1) is 20.8. The van der Waals surface area contributed by atoms with Gasteiger partial charge >= 0.3 is 0 Å². The van der Waals surface area contributed by atoms with Gasteiger partial charge in [0.05, 0.1) is 6.54 Å². The molecule has 28 heavy (non-hydrogen) atoms. The number of rotatable bonds is 8. The zero-order chi connectivity index (χ0) is 20.1. The Morgan fingerprint density at radius 1 is 1.39 bits per heavy atom. The third-order valence-electron chi connectivity index (χ3n) is 4.83. The fraction of sp³-hybridized carbons (Fsp3) is 0.611. The van der Waals surface area contributed by atoms with E-state index in [2.05, 4.69) is 20.4 Å². The van der Waals surface area contributed by atoms with Gasteiger partial charge in [0.2, 0.25) is 0 Å². The summed E-state index contributed by atoms with van der Waals surface area (Å²) >= 11 is 1.42. The summed E-state index contributed by atoms with van der Waals surface area (Å²) in [5, 5.41) is 22.9. The Balaban J connectivity index is 1.46. The van der Waals surface area contributed by atoms with Gasteiger partial charge in [0.1, 0.15) is 17.7 Å². The molecule has 9 nitrogen and oxygen atoms in total. The number of amides is 1. The maximum absolute atomic E-state index is 12.3. The van der Waals surface area contributed by atoms with Crippen LogP contribution in [0.5, 0.6) is 0 Å². The number of carbonyl (C=O) groups is 1. The fourth-order valence-corrected chi connectivity index (χ4v) is 3.78. The van der Waals surface area contributed by atoms with E-state index in [9.17, 15) is 9.90 Å². The predicted molar refractivity (Wildman–Crippen MR) is 105 cm³/mol. The summed E-state index contributed by atoms with van der Waals surface area (Å²) in [6.07, 6.45) is 2.49. The minimum atomic E-state index is -1.28. The van der Waals surface area contributed by atoms with Crippen LogP contribution < -0.4 is 5.32 Å². The topological polar surface area (TPSA) is 99.7 Å². The van der Waals surface area contributed by atoms with Crippen LogP contribution in [0.15, 0.2) is 33.1 Å². The maximum atomic E-state index is 12.3. The lowest BCUT2D eigenvalue weighted by Crippen LogP contribution is -2.54. The van der Waals surface area contributed by atoms with Crippen molar-refractivity contribution in [2.45, 2.75) is 35.2 Å². The number of furan rings is 1. The number of likely N-dealkylation sites (N-methyl/N-ethyl adjacent to an activating group) is 1. The van der Waals surface area contributed by atoms with Crippen LogP contribution in [0.25, 0.3) is 0 Å². The van der Waals surface area contributed by atoms with Crippen LogP contribution in [0.2, 0.25) is 0 Å². The van der Waals surface area contributed by atoms with E-state index >= 15 is 0 Å². The van der Waals surface area contributed by atoms with Crippen molar-refractivity contribution in [2.24, 2.45) is 7.05 Å². The third kappa shape index (κ3) is 5.34. The van der Waals surface area contributed by atoms with Gasteiger partial charge in [-0.15, -0.1) is 10.2 Å². The second-order valence-electron chi connectivity index (χ2n) is 7.41. The Kier molecular flexibility index (Phi) is 6.76. The van der Waals surface area contributed by atoms with Crippen LogP contribution in [0.4, 0.5) is 0 Å². The van der Waals surface area contributed by atoms with E-state index in [-0.39, 0.29) is 5.91 Å². The van der Waals surface area contributed by atoms with Crippen molar-refractivity contribution in [1.82, 2.24) is 29.9 Å². The second-order valence-corrected chi connectivity index (χ2v) is 8.39. The molecule has 154 valence electrons. The highest BCUT2D eigenvalue weighted by Gasteiger charge is 2.39. The quantitative estimate of drug-likeness (QED) is 0.654. The minimum Gasteiger partial charge on any atom is -0.453 e. The molecule has 1 saturated heterocycles. The molecule has 2 aromatic rings. The number of likely N-dealkylation sites (tertiary alicyclic amines) is 1. The van der Waals surface area contributed by atoms with E-state index in [1.165, 1.54) is 11.8 Å². The molecule has 2 N–H and O–H groups in total. The Hall–Kier alpha value is -1.88. The smallest absolute Gasteiger partial charge is 0.252 e. The van der Waals surface area contributed by atoms with E-state index in [0.717, 1.165) is 22.6 Å². The van der Waals surface area contributed by atoms with Gasteiger partial charge in [0.15, 0.2) is 10.2 Å². The van der Waals surface area contributed by atoms with Gasteiger partial charge in [0.25, 0.3) is 5.91 Å². The first-order chi connectivity index (χ1) is 13.4. The van der Waals surface area contributed by atoms with Crippen molar-refractivity contribution in [2.75, 3.05) is 40.3 Å². The van der Waals surface area contributed by atoms with Crippen LogP contribution >= 0.6 is 11.8 Å². The summed E-state index contributed by atoms with van der Waals surface area (Å²) in [4.78, 5) is 16.5. The van der Waals surface area contributed by atoms with E-state index in [1.54, 1.807) is 6.33 Å². The van der Waals surface area contributed by atoms with Gasteiger partial charge in [0, 0.05) is 33.2 Å². The van der Waals surface area contributed by atoms with Gasteiger partial charge < -0.3 is 24.3 Å². The third-order valence-corrected chi connectivity index (χ3v) is 5.80. The Bertz CT molecular complexity index is 782. The lowest BCUT2D eigenvalue weighted by molar-refractivity contribution is -0.145. The highest BCUT2D eigenvalue weighted by atomic mass is 32.2. The van der Waals surface area contributed by atoms with E-state index < -0.39 is 5.60 Å². The molecule has 0 saturated carbocycles. The Morgan fingerprint density at radius 2 is 2.14 bits per heavy atom. The summed E-state index contributed by atoms with van der Waals surface area (Å²) in [6.45, 7) is 3.23. The molecule has 0 bridgehead atoms. The van der Waals surface area contributed by atoms with Gasteiger partial charge in [-0.3, -0.25) is 9.69 Å². The highest BCUT2D eigenvalue weighted by Crippen LogP contribution is 2.29. The van der Waals surface area contributed by atoms with E-state index in [0.29, 0.717) is 39.0 Å². The summed E-state index contributed by atoms with van der Waals surface area (Å²) in [5.74, 6) is 0.583. The average Bonchev–Trinajstić information content (AvgIpc) is 3.26. The van der Waals surface area contributed by atoms with Gasteiger partial charge in [-0.2, -0.15) is 0 Å².